The van der Waals surface area contributed by atoms with Gasteiger partial charge in [-0.3, -0.25) is 4.90 Å². The smallest absolute Gasteiger partial charge is 0.317 e. The summed E-state index contributed by atoms with van der Waals surface area (Å²) in [5, 5.41) is 4.89. The van der Waals surface area contributed by atoms with Crippen LogP contribution in [0.25, 0.3) is 5.69 Å². The van der Waals surface area contributed by atoms with Crippen molar-refractivity contribution < 1.29 is 4.57 Å². The second-order valence-corrected chi connectivity index (χ2v) is 9.12. The molecule has 2 rings (SSSR count). The van der Waals surface area contributed by atoms with Gasteiger partial charge in [-0.05, 0) is 52.0 Å². The van der Waals surface area contributed by atoms with E-state index in [-0.39, 0.29) is 5.54 Å². The maximum Gasteiger partial charge on any atom is 0.317 e. The molecule has 126 valence electrons. The topological polar surface area (TPSA) is 19.1 Å². The first-order chi connectivity index (χ1) is 10.7. The Hall–Kier alpha value is -1.20. The van der Waals surface area contributed by atoms with Gasteiger partial charge in [0.25, 0.3) is 0 Å². The summed E-state index contributed by atoms with van der Waals surface area (Å²) in [5.41, 5.74) is 3.92. The van der Waals surface area contributed by atoms with Crippen molar-refractivity contribution in [2.75, 3.05) is 30.6 Å². The van der Waals surface area contributed by atoms with Crippen molar-refractivity contribution in [2.24, 2.45) is 0 Å². The van der Waals surface area contributed by atoms with Crippen LogP contribution in [0, 0.1) is 13.8 Å². The third kappa shape index (κ3) is 3.83. The SMILES string of the molecule is CSc1sc(NC(C)(C)C)c(N(C)C)[n+]1-c1c(C)cccc1C. The average Bonchev–Trinajstić information content (AvgIpc) is 2.74. The van der Waals surface area contributed by atoms with Gasteiger partial charge >= 0.3 is 5.82 Å². The lowest BCUT2D eigenvalue weighted by atomic mass is 10.1. The van der Waals surface area contributed by atoms with Crippen LogP contribution in [-0.2, 0) is 0 Å². The number of benzene rings is 1. The maximum atomic E-state index is 3.68. The second kappa shape index (κ2) is 6.73. The van der Waals surface area contributed by atoms with E-state index in [2.05, 4.69) is 88.0 Å². The minimum absolute atomic E-state index is 0.0316. The van der Waals surface area contributed by atoms with Gasteiger partial charge in [-0.15, -0.1) is 0 Å². The first kappa shape index (κ1) is 18.1. The van der Waals surface area contributed by atoms with Crippen LogP contribution in [0.3, 0.4) is 0 Å². The fourth-order valence-electron chi connectivity index (χ4n) is 2.68. The second-order valence-electron chi connectivity index (χ2n) is 7.07. The van der Waals surface area contributed by atoms with Gasteiger partial charge in [-0.25, -0.2) is 0 Å². The summed E-state index contributed by atoms with van der Waals surface area (Å²) in [7, 11) is 4.23. The number of nitrogens with one attached hydrogen (secondary N) is 1. The Morgan fingerprint density at radius 1 is 1.13 bits per heavy atom. The van der Waals surface area contributed by atoms with Gasteiger partial charge in [0.05, 0.1) is 14.1 Å². The highest BCUT2D eigenvalue weighted by Crippen LogP contribution is 2.37. The van der Waals surface area contributed by atoms with E-state index in [9.17, 15) is 0 Å². The number of thiazole rings is 1. The van der Waals surface area contributed by atoms with Crippen LogP contribution in [0.5, 0.6) is 0 Å². The molecule has 0 amide bonds. The third-order valence-corrected chi connectivity index (χ3v) is 5.66. The molecule has 0 aliphatic rings. The molecule has 0 fully saturated rings. The van der Waals surface area contributed by atoms with Crippen LogP contribution in [0.15, 0.2) is 22.5 Å². The number of nitrogens with zero attached hydrogens (tertiary/aromatic N) is 2. The number of aromatic nitrogens is 1. The van der Waals surface area contributed by atoms with Crippen LogP contribution in [-0.4, -0.2) is 25.9 Å². The van der Waals surface area contributed by atoms with Gasteiger partial charge in [0.2, 0.25) is 4.34 Å². The van der Waals surface area contributed by atoms with E-state index in [1.54, 1.807) is 11.8 Å². The molecule has 0 aliphatic heterocycles. The standard InChI is InChI=1S/C18H28N3S2/c1-12-10-9-11-13(2)14(12)21-16(20(6)7)15(19-18(3,4)5)23-17(21)22-8/h9-11,19H,1-8H3/q+1. The lowest BCUT2D eigenvalue weighted by Crippen LogP contribution is -2.39. The molecular formula is C18H28N3S2+. The van der Waals surface area contributed by atoms with Gasteiger partial charge in [0, 0.05) is 5.54 Å². The summed E-state index contributed by atoms with van der Waals surface area (Å²) in [4.78, 5) is 2.20. The van der Waals surface area contributed by atoms with Crippen LogP contribution in [0.2, 0.25) is 0 Å². The Morgan fingerprint density at radius 2 is 1.70 bits per heavy atom. The van der Waals surface area contributed by atoms with Gasteiger partial charge < -0.3 is 5.32 Å². The minimum Gasteiger partial charge on any atom is -0.365 e. The van der Waals surface area contributed by atoms with E-state index < -0.39 is 0 Å². The molecule has 1 aromatic carbocycles. The Labute approximate surface area is 148 Å². The van der Waals surface area contributed by atoms with Crippen molar-refractivity contribution in [1.29, 1.82) is 0 Å². The molecule has 3 nitrogen and oxygen atoms in total. The van der Waals surface area contributed by atoms with Crippen molar-refractivity contribution in [2.45, 2.75) is 44.5 Å². The molecule has 0 unspecified atom stereocenters. The van der Waals surface area contributed by atoms with Gasteiger partial charge in [-0.1, -0.05) is 41.3 Å². The Kier molecular flexibility index (Phi) is 5.31. The number of rotatable bonds is 4. The minimum atomic E-state index is 0.0316. The van der Waals surface area contributed by atoms with E-state index in [1.165, 1.54) is 32.0 Å². The number of thioether (sulfide) groups is 1. The predicted octanol–water partition coefficient (Wildman–Crippen LogP) is 4.64. The van der Waals surface area contributed by atoms with E-state index in [4.69, 9.17) is 0 Å². The summed E-state index contributed by atoms with van der Waals surface area (Å²) in [6.07, 6.45) is 2.15. The van der Waals surface area contributed by atoms with Gasteiger partial charge in [0.15, 0.2) is 5.00 Å². The number of para-hydroxylation sites is 1. The molecule has 0 aliphatic carbocycles. The lowest BCUT2D eigenvalue weighted by Gasteiger charge is -2.21. The van der Waals surface area contributed by atoms with E-state index in [0.717, 1.165) is 0 Å². The molecule has 0 spiro atoms. The fourth-order valence-corrected chi connectivity index (χ4v) is 4.79. The number of aryl methyl sites for hydroxylation is 2. The predicted molar refractivity (Wildman–Crippen MR) is 105 cm³/mol. The summed E-state index contributed by atoms with van der Waals surface area (Å²) >= 11 is 3.63. The Balaban J connectivity index is 2.76. The lowest BCUT2D eigenvalue weighted by molar-refractivity contribution is -0.615. The molecule has 0 saturated heterocycles. The molecule has 0 saturated carbocycles. The zero-order chi connectivity index (χ0) is 17.4. The van der Waals surface area contributed by atoms with Crippen molar-refractivity contribution in [3.63, 3.8) is 0 Å². The summed E-state index contributed by atoms with van der Waals surface area (Å²) in [6, 6.07) is 6.50. The zero-order valence-electron chi connectivity index (χ0n) is 15.4. The number of anilines is 2. The Bertz CT molecular complexity index is 677. The number of hydrogen-bond acceptors (Lipinski definition) is 4. The molecule has 1 heterocycles. The molecule has 0 atom stereocenters. The van der Waals surface area contributed by atoms with Gasteiger partial charge in [-0.2, -0.15) is 4.57 Å². The third-order valence-electron chi connectivity index (χ3n) is 3.54. The highest BCUT2D eigenvalue weighted by Gasteiger charge is 2.31. The van der Waals surface area contributed by atoms with Crippen LogP contribution in [0.4, 0.5) is 10.8 Å². The Morgan fingerprint density at radius 3 is 2.13 bits per heavy atom. The summed E-state index contributed by atoms with van der Waals surface area (Å²) in [5.74, 6) is 1.21. The fraction of sp³-hybridized carbons (Fsp3) is 0.500. The molecule has 1 N–H and O–H groups in total. The highest BCUT2D eigenvalue weighted by molar-refractivity contribution is 8.00. The molecule has 1 aromatic heterocycles. The van der Waals surface area contributed by atoms with E-state index in [0.29, 0.717) is 0 Å². The van der Waals surface area contributed by atoms with E-state index in [1.807, 2.05) is 11.3 Å². The van der Waals surface area contributed by atoms with Crippen molar-refractivity contribution in [1.82, 2.24) is 0 Å². The van der Waals surface area contributed by atoms with Crippen LogP contribution >= 0.6 is 23.1 Å². The largest absolute Gasteiger partial charge is 0.365 e. The summed E-state index contributed by atoms with van der Waals surface area (Å²) < 4.78 is 3.69. The highest BCUT2D eigenvalue weighted by atomic mass is 32.2. The van der Waals surface area contributed by atoms with Gasteiger partial charge in [0.1, 0.15) is 5.69 Å². The molecule has 2 aromatic rings. The molecule has 0 bridgehead atoms. The maximum absolute atomic E-state index is 3.68. The molecule has 23 heavy (non-hydrogen) atoms. The van der Waals surface area contributed by atoms with Crippen molar-refractivity contribution >= 4 is 33.9 Å². The monoisotopic (exact) mass is 350 g/mol. The summed E-state index contributed by atoms with van der Waals surface area (Å²) in [6.45, 7) is 11.0. The zero-order valence-corrected chi connectivity index (χ0v) is 17.1. The average molecular weight is 351 g/mol. The van der Waals surface area contributed by atoms with Crippen molar-refractivity contribution in [3.05, 3.63) is 29.3 Å². The number of hydrogen-bond donors (Lipinski definition) is 1. The first-order valence-corrected chi connectivity index (χ1v) is 9.84. The van der Waals surface area contributed by atoms with Crippen molar-refractivity contribution in [3.8, 4) is 5.69 Å². The van der Waals surface area contributed by atoms with E-state index >= 15 is 0 Å². The molecule has 0 radical (unpaired) electrons. The first-order valence-electron chi connectivity index (χ1n) is 7.80. The normalized spacial score (nSPS) is 11.7. The molecular weight excluding hydrogens is 322 g/mol. The quantitative estimate of drug-likeness (QED) is 0.640. The van der Waals surface area contributed by atoms with Crippen LogP contribution in [0.1, 0.15) is 31.9 Å². The molecule has 5 heteroatoms. The van der Waals surface area contributed by atoms with Crippen LogP contribution < -0.4 is 14.8 Å².